The Bertz CT molecular complexity index is 556. The van der Waals surface area contributed by atoms with E-state index in [1.54, 1.807) is 6.92 Å². The first-order valence-electron chi connectivity index (χ1n) is 5.48. The van der Waals surface area contributed by atoms with Gasteiger partial charge in [-0.2, -0.15) is 4.31 Å². The van der Waals surface area contributed by atoms with Gasteiger partial charge in [-0.25, -0.2) is 8.42 Å². The Morgan fingerprint density at radius 2 is 1.94 bits per heavy atom. The number of benzene rings is 1. The minimum absolute atomic E-state index is 0.147. The lowest BCUT2D eigenvalue weighted by Gasteiger charge is -2.31. The van der Waals surface area contributed by atoms with Gasteiger partial charge in [0, 0.05) is 18.1 Å². The molecule has 1 amide bonds. The van der Waals surface area contributed by atoms with E-state index in [9.17, 15) is 13.2 Å². The Morgan fingerprint density at radius 1 is 1.33 bits per heavy atom. The third kappa shape index (κ3) is 2.36. The number of hydrogen-bond donors (Lipinski definition) is 1. The van der Waals surface area contributed by atoms with Crippen LogP contribution in [0.25, 0.3) is 0 Å². The van der Waals surface area contributed by atoms with Crippen molar-refractivity contribution < 1.29 is 13.2 Å². The molecule has 1 fully saturated rings. The standard InChI is InChI=1S/C11H13ClN2O3S/c1-8-11(15)13-6-7-14(8)18(16,17)10-4-2-9(12)3-5-10/h2-5,8H,6-7H2,1H3,(H,13,15). The van der Waals surface area contributed by atoms with Crippen LogP contribution in [-0.2, 0) is 14.8 Å². The van der Waals surface area contributed by atoms with Crippen LogP contribution < -0.4 is 5.32 Å². The number of nitrogens with one attached hydrogen (secondary N) is 1. The van der Waals surface area contributed by atoms with Crippen LogP contribution in [0.2, 0.25) is 5.02 Å². The molecule has 1 N–H and O–H groups in total. The van der Waals surface area contributed by atoms with Crippen LogP contribution in [0.3, 0.4) is 0 Å². The molecular formula is C11H13ClN2O3S. The highest BCUT2D eigenvalue weighted by atomic mass is 35.5. The highest BCUT2D eigenvalue weighted by molar-refractivity contribution is 7.89. The van der Waals surface area contributed by atoms with E-state index in [1.165, 1.54) is 28.6 Å². The van der Waals surface area contributed by atoms with Gasteiger partial charge in [0.2, 0.25) is 15.9 Å². The van der Waals surface area contributed by atoms with E-state index in [2.05, 4.69) is 5.32 Å². The molecule has 0 aliphatic carbocycles. The Balaban J connectivity index is 2.36. The van der Waals surface area contributed by atoms with Gasteiger partial charge in [-0.15, -0.1) is 0 Å². The fourth-order valence-corrected chi connectivity index (χ4v) is 3.55. The van der Waals surface area contributed by atoms with Crippen molar-refractivity contribution in [3.8, 4) is 0 Å². The summed E-state index contributed by atoms with van der Waals surface area (Å²) in [7, 11) is -3.65. The van der Waals surface area contributed by atoms with E-state index in [-0.39, 0.29) is 17.3 Å². The summed E-state index contributed by atoms with van der Waals surface area (Å²) in [6.07, 6.45) is 0. The number of piperazine rings is 1. The number of rotatable bonds is 2. The summed E-state index contributed by atoms with van der Waals surface area (Å²) < 4.78 is 25.9. The molecule has 18 heavy (non-hydrogen) atoms. The third-order valence-electron chi connectivity index (χ3n) is 2.86. The summed E-state index contributed by atoms with van der Waals surface area (Å²) in [6.45, 7) is 2.18. The predicted molar refractivity (Wildman–Crippen MR) is 67.8 cm³/mol. The van der Waals surface area contributed by atoms with E-state index in [1.807, 2.05) is 0 Å². The second-order valence-corrected chi connectivity index (χ2v) is 6.36. The predicted octanol–water partition coefficient (Wildman–Crippen LogP) is 0.849. The zero-order valence-corrected chi connectivity index (χ0v) is 11.3. The van der Waals surface area contributed by atoms with Gasteiger partial charge in [0.05, 0.1) is 4.90 Å². The number of nitrogens with zero attached hydrogens (tertiary/aromatic N) is 1. The Morgan fingerprint density at radius 3 is 2.56 bits per heavy atom. The van der Waals surface area contributed by atoms with Gasteiger partial charge in [-0.3, -0.25) is 4.79 Å². The first kappa shape index (κ1) is 13.3. The molecule has 1 atom stereocenters. The zero-order valence-electron chi connectivity index (χ0n) is 9.76. The van der Waals surface area contributed by atoms with E-state index >= 15 is 0 Å². The van der Waals surface area contributed by atoms with Crippen LogP contribution in [0.4, 0.5) is 0 Å². The molecule has 1 saturated heterocycles. The first-order valence-corrected chi connectivity index (χ1v) is 7.30. The molecule has 0 spiro atoms. The van der Waals surface area contributed by atoms with Crippen molar-refractivity contribution in [3.63, 3.8) is 0 Å². The molecule has 1 aliphatic rings. The van der Waals surface area contributed by atoms with Crippen LogP contribution in [0, 0.1) is 0 Å². The topological polar surface area (TPSA) is 66.5 Å². The van der Waals surface area contributed by atoms with Crippen molar-refractivity contribution in [1.82, 2.24) is 9.62 Å². The van der Waals surface area contributed by atoms with Gasteiger partial charge >= 0.3 is 0 Å². The van der Waals surface area contributed by atoms with Crippen molar-refractivity contribution in [2.24, 2.45) is 0 Å². The van der Waals surface area contributed by atoms with Gasteiger partial charge in [0.15, 0.2) is 0 Å². The van der Waals surface area contributed by atoms with E-state index in [4.69, 9.17) is 11.6 Å². The monoisotopic (exact) mass is 288 g/mol. The highest BCUT2D eigenvalue weighted by Crippen LogP contribution is 2.21. The van der Waals surface area contributed by atoms with Crippen LogP contribution in [0.15, 0.2) is 29.2 Å². The van der Waals surface area contributed by atoms with Crippen LogP contribution in [-0.4, -0.2) is 37.8 Å². The molecule has 0 aromatic heterocycles. The Kier molecular flexibility index (Phi) is 3.61. The van der Waals surface area contributed by atoms with E-state index in [0.29, 0.717) is 11.6 Å². The summed E-state index contributed by atoms with van der Waals surface area (Å²) >= 11 is 5.73. The van der Waals surface area contributed by atoms with Gasteiger partial charge in [0.1, 0.15) is 6.04 Å². The zero-order chi connectivity index (χ0) is 13.3. The molecule has 2 rings (SSSR count). The largest absolute Gasteiger partial charge is 0.353 e. The smallest absolute Gasteiger partial charge is 0.243 e. The number of sulfonamides is 1. The lowest BCUT2D eigenvalue weighted by Crippen LogP contribution is -2.55. The molecule has 1 unspecified atom stereocenters. The molecule has 0 saturated carbocycles. The fourth-order valence-electron chi connectivity index (χ4n) is 1.83. The summed E-state index contributed by atoms with van der Waals surface area (Å²) in [4.78, 5) is 11.6. The highest BCUT2D eigenvalue weighted by Gasteiger charge is 2.35. The second-order valence-electron chi connectivity index (χ2n) is 4.04. The van der Waals surface area contributed by atoms with Gasteiger partial charge in [0.25, 0.3) is 0 Å². The fraction of sp³-hybridized carbons (Fsp3) is 0.364. The van der Waals surface area contributed by atoms with Crippen molar-refractivity contribution in [2.75, 3.05) is 13.1 Å². The maximum atomic E-state index is 12.4. The Hall–Kier alpha value is -1.11. The lowest BCUT2D eigenvalue weighted by atomic mass is 10.2. The van der Waals surface area contributed by atoms with Gasteiger partial charge in [-0.1, -0.05) is 11.6 Å². The van der Waals surface area contributed by atoms with Crippen LogP contribution in [0.1, 0.15) is 6.92 Å². The molecular weight excluding hydrogens is 276 g/mol. The molecule has 1 heterocycles. The van der Waals surface area contributed by atoms with E-state index in [0.717, 1.165) is 0 Å². The Labute approximate surface area is 111 Å². The summed E-state index contributed by atoms with van der Waals surface area (Å²) in [6, 6.07) is 5.22. The van der Waals surface area contributed by atoms with Crippen LogP contribution in [0.5, 0.6) is 0 Å². The third-order valence-corrected chi connectivity index (χ3v) is 5.10. The summed E-state index contributed by atoms with van der Waals surface area (Å²) in [5.41, 5.74) is 0. The van der Waals surface area contributed by atoms with Crippen molar-refractivity contribution >= 4 is 27.5 Å². The minimum atomic E-state index is -3.65. The van der Waals surface area contributed by atoms with Crippen molar-refractivity contribution in [3.05, 3.63) is 29.3 Å². The van der Waals surface area contributed by atoms with Crippen molar-refractivity contribution in [1.29, 1.82) is 0 Å². The van der Waals surface area contributed by atoms with E-state index < -0.39 is 16.1 Å². The number of carbonyl (C=O) groups is 1. The number of carbonyl (C=O) groups excluding carboxylic acids is 1. The second kappa shape index (κ2) is 4.87. The SMILES string of the molecule is CC1C(=O)NCCN1S(=O)(=O)c1ccc(Cl)cc1. The normalized spacial score (nSPS) is 21.7. The summed E-state index contributed by atoms with van der Waals surface area (Å²) in [5.74, 6) is -0.279. The van der Waals surface area contributed by atoms with Gasteiger partial charge in [-0.05, 0) is 31.2 Å². The quantitative estimate of drug-likeness (QED) is 0.877. The molecule has 1 aromatic carbocycles. The number of halogens is 1. The molecule has 1 aromatic rings. The molecule has 1 aliphatic heterocycles. The van der Waals surface area contributed by atoms with Crippen molar-refractivity contribution in [2.45, 2.75) is 17.9 Å². The average molecular weight is 289 g/mol. The van der Waals surface area contributed by atoms with Crippen LogP contribution >= 0.6 is 11.6 Å². The molecule has 5 nitrogen and oxygen atoms in total. The maximum absolute atomic E-state index is 12.4. The average Bonchev–Trinajstić information content (AvgIpc) is 2.33. The first-order chi connectivity index (χ1) is 8.43. The lowest BCUT2D eigenvalue weighted by molar-refractivity contribution is -0.126. The molecule has 0 bridgehead atoms. The molecule has 7 heteroatoms. The number of amides is 1. The maximum Gasteiger partial charge on any atom is 0.243 e. The molecule has 0 radical (unpaired) electrons. The number of hydrogen-bond acceptors (Lipinski definition) is 3. The molecule has 98 valence electrons. The minimum Gasteiger partial charge on any atom is -0.353 e. The van der Waals surface area contributed by atoms with Gasteiger partial charge < -0.3 is 5.32 Å². The summed E-state index contributed by atoms with van der Waals surface area (Å²) in [5, 5.41) is 3.10.